The summed E-state index contributed by atoms with van der Waals surface area (Å²) in [5.41, 5.74) is 0.698. The summed E-state index contributed by atoms with van der Waals surface area (Å²) in [6.07, 6.45) is 8.00. The van der Waals surface area contributed by atoms with Gasteiger partial charge in [0.15, 0.2) is 6.61 Å². The molecule has 86 valence electrons. The van der Waals surface area contributed by atoms with Gasteiger partial charge in [-0.2, -0.15) is 31.0 Å². The minimum atomic E-state index is -0.114. The topological polar surface area (TPSA) is 38.3 Å². The standard InChI is InChI=1S/C8H6NO2.C5H9.Y/c10-8-5-11-7-4-2-1-3-6(7)9-8;1-2-4-5-3-1;/h2-4H,5H2,(H,9,10);1H,2-5H2;/q2*-1;+3. The van der Waals surface area contributed by atoms with Gasteiger partial charge in [0.25, 0.3) is 5.91 Å². The molecule has 0 radical (unpaired) electrons. The third kappa shape index (κ3) is 4.76. The predicted molar refractivity (Wildman–Crippen MR) is 62.2 cm³/mol. The van der Waals surface area contributed by atoms with E-state index in [4.69, 9.17) is 4.74 Å². The molecule has 3 nitrogen and oxygen atoms in total. The second-order valence-corrected chi connectivity index (χ2v) is 3.83. The van der Waals surface area contributed by atoms with Crippen molar-refractivity contribution in [2.45, 2.75) is 25.7 Å². The van der Waals surface area contributed by atoms with Crippen LogP contribution < -0.4 is 10.1 Å². The van der Waals surface area contributed by atoms with Crippen LogP contribution in [0.15, 0.2) is 18.2 Å². The van der Waals surface area contributed by atoms with Crippen LogP contribution in [-0.4, -0.2) is 12.5 Å². The molecule has 1 aromatic carbocycles. The summed E-state index contributed by atoms with van der Waals surface area (Å²) in [5.74, 6) is 0.598. The fourth-order valence-corrected chi connectivity index (χ4v) is 1.69. The van der Waals surface area contributed by atoms with Crippen molar-refractivity contribution in [2.75, 3.05) is 11.9 Å². The number of benzene rings is 1. The van der Waals surface area contributed by atoms with E-state index >= 15 is 0 Å². The van der Waals surface area contributed by atoms with Crippen molar-refractivity contribution in [3.63, 3.8) is 0 Å². The summed E-state index contributed by atoms with van der Waals surface area (Å²) < 4.78 is 5.10. The molecule has 1 saturated carbocycles. The molecule has 0 unspecified atom stereocenters. The largest absolute Gasteiger partial charge is 3.00 e. The van der Waals surface area contributed by atoms with Crippen molar-refractivity contribution in [3.05, 3.63) is 30.7 Å². The average molecular weight is 306 g/mol. The van der Waals surface area contributed by atoms with Gasteiger partial charge >= 0.3 is 32.7 Å². The number of ether oxygens (including phenoxy) is 1. The van der Waals surface area contributed by atoms with Gasteiger partial charge < -0.3 is 16.5 Å². The molecule has 1 amide bonds. The molecule has 1 aromatic rings. The monoisotopic (exact) mass is 306 g/mol. The van der Waals surface area contributed by atoms with Gasteiger partial charge in [-0.15, -0.1) is 6.07 Å². The maximum atomic E-state index is 10.8. The molecule has 1 heterocycles. The minimum absolute atomic E-state index is 0. The Morgan fingerprint density at radius 1 is 1.35 bits per heavy atom. The van der Waals surface area contributed by atoms with Crippen LogP contribution in [0.1, 0.15) is 25.7 Å². The number of hydrogen-bond acceptors (Lipinski definition) is 2. The van der Waals surface area contributed by atoms with Gasteiger partial charge in [0.05, 0.1) is 0 Å². The third-order valence-corrected chi connectivity index (χ3v) is 2.52. The number of carbonyl (C=O) groups excluding carboxylic acids is 1. The Bertz CT molecular complexity index is 357. The first-order valence-electron chi connectivity index (χ1n) is 5.61. The summed E-state index contributed by atoms with van der Waals surface area (Å²) in [7, 11) is 0. The molecule has 1 aliphatic heterocycles. The Morgan fingerprint density at radius 2 is 2.12 bits per heavy atom. The molecular weight excluding hydrogens is 291 g/mol. The van der Waals surface area contributed by atoms with Crippen LogP contribution in [0.5, 0.6) is 5.75 Å². The van der Waals surface area contributed by atoms with E-state index in [2.05, 4.69) is 17.8 Å². The molecular formula is C13H15NO2Y+. The normalized spacial score (nSPS) is 16.6. The average Bonchev–Trinajstić information content (AvgIpc) is 2.87. The minimum Gasteiger partial charge on any atom is -0.507 e. The Hall–Kier alpha value is -0.406. The Morgan fingerprint density at radius 3 is 2.76 bits per heavy atom. The summed E-state index contributed by atoms with van der Waals surface area (Å²) in [4.78, 5) is 10.8. The van der Waals surface area contributed by atoms with Crippen LogP contribution in [-0.2, 0) is 37.5 Å². The first kappa shape index (κ1) is 14.7. The van der Waals surface area contributed by atoms with Crippen molar-refractivity contribution in [3.8, 4) is 5.75 Å². The van der Waals surface area contributed by atoms with E-state index in [0.29, 0.717) is 11.4 Å². The van der Waals surface area contributed by atoms with Crippen LogP contribution in [0.2, 0.25) is 0 Å². The molecule has 0 bridgehead atoms. The molecule has 3 rings (SSSR count). The van der Waals surface area contributed by atoms with Gasteiger partial charge in [-0.1, -0.05) is 12.8 Å². The van der Waals surface area contributed by atoms with Crippen molar-refractivity contribution in [1.29, 1.82) is 0 Å². The van der Waals surface area contributed by atoms with Crippen LogP contribution in [0.25, 0.3) is 0 Å². The molecule has 0 atom stereocenters. The molecule has 0 spiro atoms. The number of nitrogens with one attached hydrogen (secondary N) is 1. The smallest absolute Gasteiger partial charge is 0.507 e. The van der Waals surface area contributed by atoms with E-state index in [1.165, 1.54) is 25.7 Å². The Labute approximate surface area is 127 Å². The zero-order valence-corrected chi connectivity index (χ0v) is 12.6. The zero-order chi connectivity index (χ0) is 11.2. The maximum absolute atomic E-state index is 10.8. The summed E-state index contributed by atoms with van der Waals surface area (Å²) >= 11 is 0. The molecule has 0 aromatic heterocycles. The SMILES string of the molecule is O=C1COc2cc[c-]cc2N1.[CH-]1CCCC1.[Y+3]. The second-order valence-electron chi connectivity index (χ2n) is 3.83. The van der Waals surface area contributed by atoms with Gasteiger partial charge in [-0.3, -0.25) is 4.79 Å². The van der Waals surface area contributed by atoms with Gasteiger partial charge in [0, 0.05) is 5.75 Å². The van der Waals surface area contributed by atoms with E-state index in [-0.39, 0.29) is 45.2 Å². The van der Waals surface area contributed by atoms with Gasteiger partial charge in [0.2, 0.25) is 0 Å². The van der Waals surface area contributed by atoms with Crippen molar-refractivity contribution < 1.29 is 42.2 Å². The number of amides is 1. The third-order valence-electron chi connectivity index (χ3n) is 2.52. The van der Waals surface area contributed by atoms with Crippen LogP contribution in [0.3, 0.4) is 0 Å². The van der Waals surface area contributed by atoms with E-state index in [1.807, 2.05) is 0 Å². The van der Waals surface area contributed by atoms with Crippen LogP contribution >= 0.6 is 0 Å². The van der Waals surface area contributed by atoms with E-state index < -0.39 is 0 Å². The van der Waals surface area contributed by atoms with Crippen molar-refractivity contribution in [1.82, 2.24) is 0 Å². The number of fused-ring (bicyclic) bond motifs is 1. The number of anilines is 1. The molecule has 17 heavy (non-hydrogen) atoms. The molecule has 1 N–H and O–H groups in total. The van der Waals surface area contributed by atoms with Gasteiger partial charge in [0.1, 0.15) is 0 Å². The van der Waals surface area contributed by atoms with E-state index in [1.54, 1.807) is 18.2 Å². The first-order valence-corrected chi connectivity index (χ1v) is 5.61. The first-order chi connectivity index (χ1) is 7.86. The fourth-order valence-electron chi connectivity index (χ4n) is 1.69. The van der Waals surface area contributed by atoms with Crippen molar-refractivity contribution in [2.24, 2.45) is 0 Å². The summed E-state index contributed by atoms with van der Waals surface area (Å²) in [6.45, 7) is 0.108. The van der Waals surface area contributed by atoms with Crippen LogP contribution in [0.4, 0.5) is 5.69 Å². The molecule has 0 saturated heterocycles. The predicted octanol–water partition coefficient (Wildman–Crippen LogP) is 2.58. The molecule has 2 aliphatic rings. The summed E-state index contributed by atoms with van der Waals surface area (Å²) in [6, 6.07) is 8.05. The van der Waals surface area contributed by atoms with Gasteiger partial charge in [-0.25, -0.2) is 0 Å². The quantitative estimate of drug-likeness (QED) is 0.748. The number of hydrogen-bond donors (Lipinski definition) is 1. The van der Waals surface area contributed by atoms with Crippen LogP contribution in [0, 0.1) is 12.5 Å². The summed E-state index contributed by atoms with van der Waals surface area (Å²) in [5, 5.41) is 2.66. The van der Waals surface area contributed by atoms with E-state index in [0.717, 1.165) is 0 Å². The maximum Gasteiger partial charge on any atom is 3.00 e. The zero-order valence-electron chi connectivity index (χ0n) is 9.74. The Kier molecular flexibility index (Phi) is 6.75. The number of rotatable bonds is 0. The number of carbonyl (C=O) groups is 1. The second kappa shape index (κ2) is 7.83. The van der Waals surface area contributed by atoms with Crippen molar-refractivity contribution >= 4 is 11.6 Å². The Balaban J connectivity index is 0.000000205. The fraction of sp³-hybridized carbons (Fsp3) is 0.385. The molecule has 1 fully saturated rings. The molecule has 1 aliphatic carbocycles. The van der Waals surface area contributed by atoms with Gasteiger partial charge in [-0.05, 0) is 5.69 Å². The molecule has 4 heteroatoms. The van der Waals surface area contributed by atoms with E-state index in [9.17, 15) is 4.79 Å².